The number of aromatic nitrogens is 2. The zero-order valence-corrected chi connectivity index (χ0v) is 12.1. The number of rotatable bonds is 3. The second kappa shape index (κ2) is 5.28. The molecule has 108 valence electrons. The number of pyridine rings is 1. The van der Waals surface area contributed by atoms with Crippen molar-refractivity contribution < 1.29 is 5.11 Å². The molecule has 1 N–H and O–H groups in total. The third kappa shape index (κ3) is 2.07. The summed E-state index contributed by atoms with van der Waals surface area (Å²) in [6.07, 6.45) is 1.75. The molecule has 0 aliphatic carbocycles. The molecule has 2 aromatic carbocycles. The standard InChI is InChI=1S/C19H16N2O/c22-13-15-10-17-16-8-4-5-9-18(16)21(19(17)20-11-15)12-14-6-2-1-3-7-14/h1-11,22H,12-13H2. The average Bonchev–Trinajstić information content (AvgIpc) is 2.89. The normalized spacial score (nSPS) is 11.3. The molecule has 4 aromatic rings. The largest absolute Gasteiger partial charge is 0.392 e. The smallest absolute Gasteiger partial charge is 0.141 e. The first-order valence-electron chi connectivity index (χ1n) is 7.37. The molecule has 0 atom stereocenters. The molecule has 0 aliphatic rings. The molecule has 0 fully saturated rings. The van der Waals surface area contributed by atoms with Crippen LogP contribution in [0, 0.1) is 0 Å². The van der Waals surface area contributed by atoms with Crippen molar-refractivity contribution >= 4 is 21.9 Å². The van der Waals surface area contributed by atoms with Crippen molar-refractivity contribution in [3.05, 3.63) is 78.0 Å². The molecule has 3 nitrogen and oxygen atoms in total. The summed E-state index contributed by atoms with van der Waals surface area (Å²) in [6, 6.07) is 20.8. The van der Waals surface area contributed by atoms with Crippen molar-refractivity contribution in [2.75, 3.05) is 0 Å². The van der Waals surface area contributed by atoms with Gasteiger partial charge in [0, 0.05) is 23.5 Å². The average molecular weight is 288 g/mol. The van der Waals surface area contributed by atoms with E-state index in [1.54, 1.807) is 6.20 Å². The second-order valence-corrected chi connectivity index (χ2v) is 5.46. The molecule has 0 saturated carbocycles. The summed E-state index contributed by atoms with van der Waals surface area (Å²) in [4.78, 5) is 4.59. The minimum absolute atomic E-state index is 0.0150. The van der Waals surface area contributed by atoms with E-state index in [9.17, 15) is 5.11 Å². The van der Waals surface area contributed by atoms with Gasteiger partial charge in [-0.15, -0.1) is 0 Å². The maximum absolute atomic E-state index is 9.36. The summed E-state index contributed by atoms with van der Waals surface area (Å²) in [5.41, 5.74) is 4.22. The van der Waals surface area contributed by atoms with Crippen LogP contribution >= 0.6 is 0 Å². The predicted molar refractivity (Wildman–Crippen MR) is 88.7 cm³/mol. The summed E-state index contributed by atoms with van der Waals surface area (Å²) in [5, 5.41) is 11.6. The van der Waals surface area contributed by atoms with E-state index < -0.39 is 0 Å². The SMILES string of the molecule is OCc1cnc2c(c1)c1ccccc1n2Cc1ccccc1. The number of hydrogen-bond acceptors (Lipinski definition) is 2. The molecule has 2 heterocycles. The maximum Gasteiger partial charge on any atom is 0.141 e. The van der Waals surface area contributed by atoms with Gasteiger partial charge in [-0.2, -0.15) is 0 Å². The Morgan fingerprint density at radius 2 is 1.64 bits per heavy atom. The van der Waals surface area contributed by atoms with Crippen LogP contribution in [0.1, 0.15) is 11.1 Å². The fourth-order valence-electron chi connectivity index (χ4n) is 2.98. The Kier molecular flexibility index (Phi) is 3.13. The van der Waals surface area contributed by atoms with E-state index in [2.05, 4.69) is 52.0 Å². The van der Waals surface area contributed by atoms with Crippen LogP contribution in [-0.4, -0.2) is 14.7 Å². The summed E-state index contributed by atoms with van der Waals surface area (Å²) in [7, 11) is 0. The molecule has 0 spiro atoms. The van der Waals surface area contributed by atoms with Gasteiger partial charge in [-0.3, -0.25) is 0 Å². The van der Waals surface area contributed by atoms with E-state index in [0.29, 0.717) is 0 Å². The molecule has 0 aliphatic heterocycles. The van der Waals surface area contributed by atoms with Crippen LogP contribution in [0.5, 0.6) is 0 Å². The Hall–Kier alpha value is -2.65. The van der Waals surface area contributed by atoms with Gasteiger partial charge in [0.05, 0.1) is 12.1 Å². The van der Waals surface area contributed by atoms with Crippen LogP contribution in [0.3, 0.4) is 0 Å². The number of para-hydroxylation sites is 1. The monoisotopic (exact) mass is 288 g/mol. The lowest BCUT2D eigenvalue weighted by atomic mass is 10.1. The Labute approximate surface area is 128 Å². The van der Waals surface area contributed by atoms with Gasteiger partial charge >= 0.3 is 0 Å². The molecule has 0 saturated heterocycles. The molecule has 0 unspecified atom stereocenters. The Morgan fingerprint density at radius 1 is 0.864 bits per heavy atom. The van der Waals surface area contributed by atoms with Crippen molar-refractivity contribution in [2.45, 2.75) is 13.2 Å². The van der Waals surface area contributed by atoms with Crippen LogP contribution in [0.15, 0.2) is 66.9 Å². The zero-order chi connectivity index (χ0) is 14.9. The quantitative estimate of drug-likeness (QED) is 0.624. The first-order chi connectivity index (χ1) is 10.9. The number of benzene rings is 2. The van der Waals surface area contributed by atoms with Crippen molar-refractivity contribution in [3.63, 3.8) is 0 Å². The van der Waals surface area contributed by atoms with E-state index in [1.165, 1.54) is 16.5 Å². The molecule has 0 radical (unpaired) electrons. The van der Waals surface area contributed by atoms with E-state index in [4.69, 9.17) is 0 Å². The summed E-state index contributed by atoms with van der Waals surface area (Å²) < 4.78 is 2.24. The van der Waals surface area contributed by atoms with Crippen molar-refractivity contribution in [1.82, 2.24) is 9.55 Å². The van der Waals surface area contributed by atoms with Gasteiger partial charge in [-0.05, 0) is 23.3 Å². The van der Waals surface area contributed by atoms with Gasteiger partial charge in [-0.25, -0.2) is 4.98 Å². The first-order valence-corrected chi connectivity index (χ1v) is 7.37. The van der Waals surface area contributed by atoms with Crippen molar-refractivity contribution in [3.8, 4) is 0 Å². The molecule has 3 heteroatoms. The molecular weight excluding hydrogens is 272 g/mol. The van der Waals surface area contributed by atoms with Gasteiger partial charge < -0.3 is 9.67 Å². The van der Waals surface area contributed by atoms with Crippen LogP contribution < -0.4 is 0 Å². The molecular formula is C19H16N2O. The Balaban J connectivity index is 1.99. The van der Waals surface area contributed by atoms with Crippen LogP contribution in [0.2, 0.25) is 0 Å². The summed E-state index contributed by atoms with van der Waals surface area (Å²) in [6.45, 7) is 0.803. The lowest BCUT2D eigenvalue weighted by Gasteiger charge is -2.07. The highest BCUT2D eigenvalue weighted by molar-refractivity contribution is 6.06. The van der Waals surface area contributed by atoms with E-state index in [1.807, 2.05) is 18.2 Å². The van der Waals surface area contributed by atoms with Crippen molar-refractivity contribution in [2.24, 2.45) is 0 Å². The highest BCUT2D eigenvalue weighted by Crippen LogP contribution is 2.29. The Bertz CT molecular complexity index is 942. The van der Waals surface area contributed by atoms with Gasteiger partial charge in [0.25, 0.3) is 0 Å². The molecule has 0 bridgehead atoms. The predicted octanol–water partition coefficient (Wildman–Crippen LogP) is 3.73. The second-order valence-electron chi connectivity index (χ2n) is 5.46. The number of fused-ring (bicyclic) bond motifs is 3. The van der Waals surface area contributed by atoms with Gasteiger partial charge in [0.2, 0.25) is 0 Å². The third-order valence-corrected chi connectivity index (χ3v) is 4.03. The summed E-state index contributed by atoms with van der Waals surface area (Å²) >= 11 is 0. The molecule has 22 heavy (non-hydrogen) atoms. The topological polar surface area (TPSA) is 38.1 Å². The number of hydrogen-bond donors (Lipinski definition) is 1. The zero-order valence-electron chi connectivity index (χ0n) is 12.1. The lowest BCUT2D eigenvalue weighted by molar-refractivity contribution is 0.281. The number of nitrogens with zero attached hydrogens (tertiary/aromatic N) is 2. The van der Waals surface area contributed by atoms with Crippen LogP contribution in [-0.2, 0) is 13.2 Å². The minimum Gasteiger partial charge on any atom is -0.392 e. The molecule has 4 rings (SSSR count). The van der Waals surface area contributed by atoms with Gasteiger partial charge in [0.15, 0.2) is 0 Å². The summed E-state index contributed by atoms with van der Waals surface area (Å²) in [5.74, 6) is 0. The molecule has 2 aromatic heterocycles. The maximum atomic E-state index is 9.36. The highest BCUT2D eigenvalue weighted by Gasteiger charge is 2.12. The van der Waals surface area contributed by atoms with Gasteiger partial charge in [0.1, 0.15) is 5.65 Å². The number of aliphatic hydroxyl groups excluding tert-OH is 1. The minimum atomic E-state index is 0.0150. The fraction of sp³-hybridized carbons (Fsp3) is 0.105. The van der Waals surface area contributed by atoms with E-state index in [-0.39, 0.29) is 6.61 Å². The van der Waals surface area contributed by atoms with Crippen LogP contribution in [0.4, 0.5) is 0 Å². The van der Waals surface area contributed by atoms with Gasteiger partial charge in [-0.1, -0.05) is 48.5 Å². The van der Waals surface area contributed by atoms with Crippen molar-refractivity contribution in [1.29, 1.82) is 0 Å². The molecule has 0 amide bonds. The van der Waals surface area contributed by atoms with E-state index >= 15 is 0 Å². The third-order valence-electron chi connectivity index (χ3n) is 4.03. The first kappa shape index (κ1) is 13.0. The van der Waals surface area contributed by atoms with Crippen LogP contribution in [0.25, 0.3) is 21.9 Å². The lowest BCUT2D eigenvalue weighted by Crippen LogP contribution is -2.00. The van der Waals surface area contributed by atoms with E-state index in [0.717, 1.165) is 23.1 Å². The number of aliphatic hydroxyl groups is 1. The highest BCUT2D eigenvalue weighted by atomic mass is 16.3. The fourth-order valence-corrected chi connectivity index (χ4v) is 2.98. The Morgan fingerprint density at radius 3 is 2.45 bits per heavy atom.